The van der Waals surface area contributed by atoms with Gasteiger partial charge in [0, 0.05) is 0 Å². The summed E-state index contributed by atoms with van der Waals surface area (Å²) in [5.74, 6) is 0. The van der Waals surface area contributed by atoms with Gasteiger partial charge in [0.1, 0.15) is 5.56 Å². The Morgan fingerprint density at radius 2 is 0.682 bits per heavy atom. The first-order valence-electron chi connectivity index (χ1n) is 4.94. The molecule has 0 saturated carbocycles. The molecule has 0 spiro atoms. The highest BCUT2D eigenvalue weighted by Crippen LogP contribution is 2.51. The first kappa shape index (κ1) is 16.3. The summed E-state index contributed by atoms with van der Waals surface area (Å²) in [6.07, 6.45) is 0. The van der Waals surface area contributed by atoms with Crippen molar-refractivity contribution in [3.8, 4) is 0 Å². The molecule has 0 bridgehead atoms. The van der Waals surface area contributed by atoms with Crippen LogP contribution in [0.15, 0.2) is 0 Å². The van der Waals surface area contributed by atoms with Crippen LogP contribution in [0.4, 0.5) is 28.4 Å². The molecule has 0 aromatic heterocycles. The summed E-state index contributed by atoms with van der Waals surface area (Å²) in [6, 6.07) is 0. The number of rotatable bonds is 5. The van der Waals surface area contributed by atoms with Crippen LogP contribution in [0.1, 0.15) is 5.56 Å². The molecule has 15 nitrogen and oxygen atoms in total. The number of hydrogen-bond donors (Lipinski definition) is 0. The molecule has 1 aromatic rings. The molecule has 1 rings (SSSR count). The zero-order chi connectivity index (χ0) is 17.4. The van der Waals surface area contributed by atoms with E-state index in [1.807, 2.05) is 0 Å². The Balaban J connectivity index is 4.31. The quantitative estimate of drug-likeness (QED) is 0.563. The highest BCUT2D eigenvalue weighted by molar-refractivity contribution is 5.85. The first-order valence-corrected chi connectivity index (χ1v) is 4.94. The van der Waals surface area contributed by atoms with Crippen LogP contribution in [0.25, 0.3) is 0 Å². The molecule has 0 aliphatic rings. The van der Waals surface area contributed by atoms with E-state index in [9.17, 15) is 50.6 Å². The molecule has 0 heterocycles. The molecule has 22 heavy (non-hydrogen) atoms. The monoisotopic (exact) mass is 317 g/mol. The van der Waals surface area contributed by atoms with Gasteiger partial charge in [-0.1, -0.05) is 0 Å². The normalized spacial score (nSPS) is 10.0. The fourth-order valence-corrected chi connectivity index (χ4v) is 1.77. The fourth-order valence-electron chi connectivity index (χ4n) is 1.77. The van der Waals surface area contributed by atoms with Crippen LogP contribution in [0.5, 0.6) is 0 Å². The minimum Gasteiger partial charge on any atom is -0.258 e. The summed E-state index contributed by atoms with van der Waals surface area (Å²) in [6.45, 7) is 0.653. The Morgan fingerprint density at radius 3 is 0.864 bits per heavy atom. The summed E-state index contributed by atoms with van der Waals surface area (Å²) in [4.78, 5) is 46.6. The average molecular weight is 317 g/mol. The Hall–Kier alpha value is -3.78. The topological polar surface area (TPSA) is 216 Å². The lowest BCUT2D eigenvalue weighted by Crippen LogP contribution is -2.09. The maximum absolute atomic E-state index is 10.9. The van der Waals surface area contributed by atoms with Crippen molar-refractivity contribution in [1.29, 1.82) is 0 Å². The second-order valence-corrected chi connectivity index (χ2v) is 3.65. The Morgan fingerprint density at radius 1 is 0.500 bits per heavy atom. The molecule has 0 saturated heterocycles. The van der Waals surface area contributed by atoms with E-state index in [4.69, 9.17) is 0 Å². The van der Waals surface area contributed by atoms with Gasteiger partial charge < -0.3 is 0 Å². The van der Waals surface area contributed by atoms with Gasteiger partial charge in [0.25, 0.3) is 0 Å². The summed E-state index contributed by atoms with van der Waals surface area (Å²) in [5.41, 5.74) is -9.62. The fraction of sp³-hybridized carbons (Fsp3) is 0.143. The molecule has 0 fully saturated rings. The molecule has 116 valence electrons. The maximum Gasteiger partial charge on any atom is 0.437 e. The van der Waals surface area contributed by atoms with Crippen molar-refractivity contribution in [3.05, 3.63) is 56.1 Å². The lowest BCUT2D eigenvalue weighted by molar-refractivity contribution is -0.460. The molecule has 15 heteroatoms. The van der Waals surface area contributed by atoms with Crippen LogP contribution >= 0.6 is 0 Å². The Bertz CT molecular complexity index is 702. The second-order valence-electron chi connectivity index (χ2n) is 3.65. The van der Waals surface area contributed by atoms with Crippen molar-refractivity contribution < 1.29 is 24.6 Å². The number of hydrogen-bond acceptors (Lipinski definition) is 10. The molecule has 0 aliphatic carbocycles. The molecule has 0 atom stereocenters. The summed E-state index contributed by atoms with van der Waals surface area (Å²) in [7, 11) is 0. The van der Waals surface area contributed by atoms with Crippen LogP contribution in [0.3, 0.4) is 0 Å². The van der Waals surface area contributed by atoms with Gasteiger partial charge in [-0.3, -0.25) is 50.6 Å². The van der Waals surface area contributed by atoms with Gasteiger partial charge in [-0.15, -0.1) is 0 Å². The SMILES string of the molecule is Cc1c([N+](=O)[O-])c([N+](=O)[O-])c([N+](=O)[O-])c([N+](=O)[O-])c1[N+](=O)[O-]. The Kier molecular flexibility index (Phi) is 3.93. The number of nitrogens with zero attached hydrogens (tertiary/aromatic N) is 5. The molecule has 0 aliphatic heterocycles. The van der Waals surface area contributed by atoms with Crippen molar-refractivity contribution in [3.63, 3.8) is 0 Å². The predicted octanol–water partition coefficient (Wildman–Crippen LogP) is 1.54. The number of nitro groups is 5. The van der Waals surface area contributed by atoms with E-state index in [-0.39, 0.29) is 0 Å². The minimum absolute atomic E-state index is 0.653. The van der Waals surface area contributed by atoms with Crippen molar-refractivity contribution in [2.75, 3.05) is 0 Å². The lowest BCUT2D eigenvalue weighted by atomic mass is 10.1. The predicted molar refractivity (Wildman–Crippen MR) is 64.5 cm³/mol. The Labute approximate surface area is 117 Å². The number of nitro benzene ring substituents is 5. The number of benzene rings is 1. The van der Waals surface area contributed by atoms with Crippen LogP contribution in [0.2, 0.25) is 0 Å². The van der Waals surface area contributed by atoms with Gasteiger partial charge in [0.05, 0.1) is 24.6 Å². The summed E-state index contributed by atoms with van der Waals surface area (Å²) < 4.78 is 0. The zero-order valence-electron chi connectivity index (χ0n) is 10.3. The van der Waals surface area contributed by atoms with Crippen LogP contribution in [-0.2, 0) is 0 Å². The van der Waals surface area contributed by atoms with Gasteiger partial charge in [0.15, 0.2) is 0 Å². The standard InChI is InChI=1S/C7H3N5O10/c1-2-3(8(13)14)5(10(17)18)7(12(21)22)6(11(19)20)4(2)9(15)16/h1H3. The van der Waals surface area contributed by atoms with E-state index < -0.39 is 58.6 Å². The highest BCUT2D eigenvalue weighted by atomic mass is 16.7. The van der Waals surface area contributed by atoms with Gasteiger partial charge in [-0.2, -0.15) is 0 Å². The smallest absolute Gasteiger partial charge is 0.258 e. The first-order chi connectivity index (χ1) is 10.0. The van der Waals surface area contributed by atoms with E-state index in [2.05, 4.69) is 0 Å². The maximum atomic E-state index is 10.9. The minimum atomic E-state index is -1.92. The third-order valence-electron chi connectivity index (χ3n) is 2.52. The van der Waals surface area contributed by atoms with E-state index in [0.29, 0.717) is 6.92 Å². The van der Waals surface area contributed by atoms with E-state index in [1.54, 1.807) is 0 Å². The van der Waals surface area contributed by atoms with E-state index in [1.165, 1.54) is 0 Å². The molecule has 0 unspecified atom stereocenters. The highest BCUT2D eigenvalue weighted by Gasteiger charge is 2.53. The van der Waals surface area contributed by atoms with Crippen molar-refractivity contribution >= 4 is 28.4 Å². The third-order valence-corrected chi connectivity index (χ3v) is 2.52. The summed E-state index contributed by atoms with van der Waals surface area (Å²) >= 11 is 0. The van der Waals surface area contributed by atoms with Crippen LogP contribution < -0.4 is 0 Å². The van der Waals surface area contributed by atoms with Crippen molar-refractivity contribution in [1.82, 2.24) is 0 Å². The van der Waals surface area contributed by atoms with Crippen molar-refractivity contribution in [2.45, 2.75) is 6.92 Å². The largest absolute Gasteiger partial charge is 0.437 e. The molecule has 0 N–H and O–H groups in total. The van der Waals surface area contributed by atoms with Crippen LogP contribution in [-0.4, -0.2) is 24.6 Å². The summed E-state index contributed by atoms with van der Waals surface area (Å²) in [5, 5.41) is 54.3. The molecule has 0 amide bonds. The van der Waals surface area contributed by atoms with Gasteiger partial charge in [0.2, 0.25) is 0 Å². The molecular weight excluding hydrogens is 314 g/mol. The average Bonchev–Trinajstić information content (AvgIpc) is 2.34. The van der Waals surface area contributed by atoms with Gasteiger partial charge >= 0.3 is 28.4 Å². The lowest BCUT2D eigenvalue weighted by Gasteiger charge is -2.02. The molecular formula is C7H3N5O10. The van der Waals surface area contributed by atoms with Crippen molar-refractivity contribution in [2.24, 2.45) is 0 Å². The van der Waals surface area contributed by atoms with E-state index in [0.717, 1.165) is 0 Å². The van der Waals surface area contributed by atoms with Gasteiger partial charge in [-0.25, -0.2) is 0 Å². The molecule has 1 aromatic carbocycles. The zero-order valence-corrected chi connectivity index (χ0v) is 10.3. The van der Waals surface area contributed by atoms with E-state index >= 15 is 0 Å². The van der Waals surface area contributed by atoms with Crippen LogP contribution in [0, 0.1) is 57.5 Å². The van der Waals surface area contributed by atoms with Gasteiger partial charge in [-0.05, 0) is 6.92 Å². The molecule has 0 radical (unpaired) electrons. The third kappa shape index (κ3) is 2.32. The second kappa shape index (κ2) is 5.31.